The largest absolute Gasteiger partial charge is 0.355 e. The van der Waals surface area contributed by atoms with E-state index in [0.29, 0.717) is 12.0 Å². The van der Waals surface area contributed by atoms with Crippen LogP contribution < -0.4 is 10.2 Å². The molecule has 0 bridgehead atoms. The first-order chi connectivity index (χ1) is 14.3. The van der Waals surface area contributed by atoms with Gasteiger partial charge in [0.05, 0.1) is 0 Å². The van der Waals surface area contributed by atoms with E-state index in [2.05, 4.69) is 20.4 Å². The molecule has 2 aromatic rings. The van der Waals surface area contributed by atoms with E-state index in [9.17, 15) is 4.79 Å². The van der Waals surface area contributed by atoms with Crippen LogP contribution in [-0.4, -0.2) is 63.0 Å². The smallest absolute Gasteiger partial charge is 0.317 e. The molecule has 0 atom stereocenters. The summed E-state index contributed by atoms with van der Waals surface area (Å²) in [5, 5.41) is 16.8. The Morgan fingerprint density at radius 3 is 2.34 bits per heavy atom. The van der Waals surface area contributed by atoms with Gasteiger partial charge in [-0.25, -0.2) is 4.79 Å². The molecule has 0 radical (unpaired) electrons. The SMILES string of the molecule is O=C(NC1CCCCCC1)N1CCC(c2nnc3ccc(N4CCC4)nn23)CC1. The van der Waals surface area contributed by atoms with Gasteiger partial charge in [0.15, 0.2) is 11.5 Å². The molecule has 29 heavy (non-hydrogen) atoms. The highest BCUT2D eigenvalue weighted by Crippen LogP contribution is 2.28. The second-order valence-corrected chi connectivity index (χ2v) is 8.76. The van der Waals surface area contributed by atoms with Crippen LogP contribution in [0.5, 0.6) is 0 Å². The average molecular weight is 398 g/mol. The van der Waals surface area contributed by atoms with Gasteiger partial charge in [-0.2, -0.15) is 4.52 Å². The second kappa shape index (κ2) is 8.16. The summed E-state index contributed by atoms with van der Waals surface area (Å²) in [7, 11) is 0. The van der Waals surface area contributed by atoms with Crippen LogP contribution in [0.25, 0.3) is 5.65 Å². The third-order valence-electron chi connectivity index (χ3n) is 6.78. The van der Waals surface area contributed by atoms with E-state index in [1.807, 2.05) is 21.5 Å². The Bertz CT molecular complexity index is 846. The number of rotatable bonds is 3. The highest BCUT2D eigenvalue weighted by atomic mass is 16.2. The number of carbonyl (C=O) groups excluding carboxylic acids is 1. The summed E-state index contributed by atoms with van der Waals surface area (Å²) in [6.07, 6.45) is 10.4. The normalized spacial score (nSPS) is 21.8. The Kier molecular flexibility index (Phi) is 5.24. The molecule has 0 aromatic carbocycles. The van der Waals surface area contributed by atoms with Crippen molar-refractivity contribution < 1.29 is 4.79 Å². The quantitative estimate of drug-likeness (QED) is 0.806. The van der Waals surface area contributed by atoms with Gasteiger partial charge in [0, 0.05) is 38.1 Å². The van der Waals surface area contributed by atoms with Crippen molar-refractivity contribution in [2.45, 2.75) is 69.7 Å². The van der Waals surface area contributed by atoms with Crippen molar-refractivity contribution in [1.82, 2.24) is 30.0 Å². The number of carbonyl (C=O) groups is 1. The molecule has 0 spiro atoms. The van der Waals surface area contributed by atoms with Gasteiger partial charge in [-0.05, 0) is 44.2 Å². The Hall–Kier alpha value is -2.38. The molecule has 4 heterocycles. The number of hydrogen-bond acceptors (Lipinski definition) is 5. The predicted octanol–water partition coefficient (Wildman–Crippen LogP) is 2.95. The Morgan fingerprint density at radius 2 is 1.66 bits per heavy atom. The van der Waals surface area contributed by atoms with Crippen LogP contribution in [-0.2, 0) is 0 Å². The van der Waals surface area contributed by atoms with Gasteiger partial charge in [-0.1, -0.05) is 25.7 Å². The zero-order chi connectivity index (χ0) is 19.6. The fourth-order valence-electron chi connectivity index (χ4n) is 4.79. The summed E-state index contributed by atoms with van der Waals surface area (Å²) in [4.78, 5) is 17.0. The van der Waals surface area contributed by atoms with Crippen molar-refractivity contribution in [3.8, 4) is 0 Å². The Labute approximate surface area is 171 Å². The fourth-order valence-corrected chi connectivity index (χ4v) is 4.79. The number of nitrogens with zero attached hydrogens (tertiary/aromatic N) is 6. The lowest BCUT2D eigenvalue weighted by Crippen LogP contribution is -2.47. The van der Waals surface area contributed by atoms with Gasteiger partial charge in [-0.15, -0.1) is 15.3 Å². The van der Waals surface area contributed by atoms with E-state index < -0.39 is 0 Å². The van der Waals surface area contributed by atoms with Crippen molar-refractivity contribution in [2.75, 3.05) is 31.1 Å². The van der Waals surface area contributed by atoms with Crippen LogP contribution in [0, 0.1) is 0 Å². The van der Waals surface area contributed by atoms with Gasteiger partial charge in [0.2, 0.25) is 0 Å². The van der Waals surface area contributed by atoms with Gasteiger partial charge in [0.1, 0.15) is 5.82 Å². The number of aromatic nitrogens is 4. The van der Waals surface area contributed by atoms with Crippen molar-refractivity contribution in [2.24, 2.45) is 0 Å². The Balaban J connectivity index is 1.21. The minimum Gasteiger partial charge on any atom is -0.355 e. The van der Waals surface area contributed by atoms with Gasteiger partial charge in [-0.3, -0.25) is 0 Å². The maximum atomic E-state index is 12.7. The van der Waals surface area contributed by atoms with Crippen LogP contribution in [0.3, 0.4) is 0 Å². The lowest BCUT2D eigenvalue weighted by molar-refractivity contribution is 0.175. The lowest BCUT2D eigenvalue weighted by Gasteiger charge is -2.33. The van der Waals surface area contributed by atoms with Crippen molar-refractivity contribution in [3.05, 3.63) is 18.0 Å². The molecule has 2 amide bonds. The molecular formula is C21H31N7O. The van der Waals surface area contributed by atoms with Crippen LogP contribution >= 0.6 is 0 Å². The summed E-state index contributed by atoms with van der Waals surface area (Å²) in [6, 6.07) is 4.51. The second-order valence-electron chi connectivity index (χ2n) is 8.76. The number of urea groups is 1. The zero-order valence-corrected chi connectivity index (χ0v) is 17.1. The van der Waals surface area contributed by atoms with Crippen LogP contribution in [0.15, 0.2) is 12.1 Å². The average Bonchev–Trinajstić information content (AvgIpc) is 2.95. The topological polar surface area (TPSA) is 78.7 Å². The van der Waals surface area contributed by atoms with E-state index in [1.54, 1.807) is 0 Å². The molecule has 156 valence electrons. The molecule has 3 aliphatic rings. The number of likely N-dealkylation sites (tertiary alicyclic amines) is 1. The molecule has 8 heteroatoms. The van der Waals surface area contributed by atoms with Crippen LogP contribution in [0.2, 0.25) is 0 Å². The van der Waals surface area contributed by atoms with Gasteiger partial charge < -0.3 is 15.1 Å². The number of hydrogen-bond donors (Lipinski definition) is 1. The summed E-state index contributed by atoms with van der Waals surface area (Å²) in [6.45, 7) is 3.68. The monoisotopic (exact) mass is 397 g/mol. The summed E-state index contributed by atoms with van der Waals surface area (Å²) < 4.78 is 1.92. The van der Waals surface area contributed by atoms with Crippen molar-refractivity contribution in [3.63, 3.8) is 0 Å². The minimum absolute atomic E-state index is 0.111. The molecule has 2 aromatic heterocycles. The van der Waals surface area contributed by atoms with Gasteiger partial charge >= 0.3 is 6.03 Å². The minimum atomic E-state index is 0.111. The summed E-state index contributed by atoms with van der Waals surface area (Å²) >= 11 is 0. The maximum absolute atomic E-state index is 12.7. The number of fused-ring (bicyclic) bond motifs is 1. The third kappa shape index (κ3) is 3.89. The molecule has 2 saturated heterocycles. The van der Waals surface area contributed by atoms with E-state index >= 15 is 0 Å². The van der Waals surface area contributed by atoms with Crippen molar-refractivity contribution in [1.29, 1.82) is 0 Å². The van der Waals surface area contributed by atoms with E-state index in [1.165, 1.54) is 32.1 Å². The molecule has 1 aliphatic carbocycles. The molecule has 5 rings (SSSR count). The van der Waals surface area contributed by atoms with Crippen LogP contribution in [0.4, 0.5) is 10.6 Å². The molecule has 1 saturated carbocycles. The predicted molar refractivity (Wildman–Crippen MR) is 111 cm³/mol. The molecule has 0 unspecified atom stereocenters. The first kappa shape index (κ1) is 18.6. The molecule has 1 N–H and O–H groups in total. The summed E-state index contributed by atoms with van der Waals surface area (Å²) in [5.41, 5.74) is 0.804. The number of amides is 2. The highest BCUT2D eigenvalue weighted by molar-refractivity contribution is 5.74. The molecule has 3 fully saturated rings. The highest BCUT2D eigenvalue weighted by Gasteiger charge is 2.29. The Morgan fingerprint density at radius 1 is 0.897 bits per heavy atom. The summed E-state index contributed by atoms with van der Waals surface area (Å²) in [5.74, 6) is 2.24. The fraction of sp³-hybridized carbons (Fsp3) is 0.714. The van der Waals surface area contributed by atoms with E-state index in [0.717, 1.165) is 69.2 Å². The first-order valence-corrected chi connectivity index (χ1v) is 11.3. The zero-order valence-electron chi connectivity index (χ0n) is 17.1. The maximum Gasteiger partial charge on any atom is 0.317 e. The van der Waals surface area contributed by atoms with E-state index in [-0.39, 0.29) is 6.03 Å². The third-order valence-corrected chi connectivity index (χ3v) is 6.78. The van der Waals surface area contributed by atoms with E-state index in [4.69, 9.17) is 5.10 Å². The molecule has 2 aliphatic heterocycles. The molecular weight excluding hydrogens is 366 g/mol. The van der Waals surface area contributed by atoms with Crippen molar-refractivity contribution >= 4 is 17.5 Å². The van der Waals surface area contributed by atoms with Gasteiger partial charge in [0.25, 0.3) is 0 Å². The van der Waals surface area contributed by atoms with Crippen LogP contribution in [0.1, 0.15) is 69.5 Å². The first-order valence-electron chi connectivity index (χ1n) is 11.3. The lowest BCUT2D eigenvalue weighted by atomic mass is 9.96. The standard InChI is InChI=1S/C21H31N7O/c29-21(22-17-6-3-1-2-4-7-17)27-14-10-16(11-15-27)20-24-23-18-8-9-19(25-28(18)20)26-12-5-13-26/h8-9,16-17H,1-7,10-15H2,(H,22,29). The molecule has 8 nitrogen and oxygen atoms in total. The number of nitrogens with one attached hydrogen (secondary N) is 1. The number of piperidine rings is 1. The number of anilines is 1.